The van der Waals surface area contributed by atoms with E-state index in [1.165, 1.54) is 18.3 Å². The molecule has 8 heteroatoms. The quantitative estimate of drug-likeness (QED) is 0.700. The molecule has 5 nitrogen and oxygen atoms in total. The molecule has 0 atom stereocenters. The number of carbonyl (C=O) groups excluding carboxylic acids is 2. The van der Waals surface area contributed by atoms with Crippen LogP contribution in [0.5, 0.6) is 5.75 Å². The molecule has 2 heterocycles. The van der Waals surface area contributed by atoms with E-state index < -0.39 is 5.97 Å². The molecular formula is C11H11Br2NO4S. The van der Waals surface area contributed by atoms with Crippen molar-refractivity contribution in [3.8, 4) is 5.75 Å². The maximum atomic E-state index is 12.4. The average molecular weight is 413 g/mol. The van der Waals surface area contributed by atoms with Gasteiger partial charge in [0.15, 0.2) is 5.75 Å². The van der Waals surface area contributed by atoms with Crippen molar-refractivity contribution in [1.82, 2.24) is 4.90 Å². The highest BCUT2D eigenvalue weighted by Gasteiger charge is 2.27. The molecule has 0 N–H and O–H groups in total. The zero-order valence-corrected chi connectivity index (χ0v) is 14.1. The van der Waals surface area contributed by atoms with Crippen LogP contribution in [0.25, 0.3) is 0 Å². The fraction of sp³-hybridized carbons (Fsp3) is 0.455. The predicted molar refractivity (Wildman–Crippen MR) is 77.8 cm³/mol. The summed E-state index contributed by atoms with van der Waals surface area (Å²) in [6.45, 7) is 3.46. The number of hydrogen-bond donors (Lipinski definition) is 0. The number of thiophene rings is 1. The fourth-order valence-electron chi connectivity index (χ4n) is 1.66. The molecule has 0 spiro atoms. The van der Waals surface area contributed by atoms with Crippen LogP contribution in [0.2, 0.25) is 0 Å². The lowest BCUT2D eigenvalue weighted by Crippen LogP contribution is -2.40. The van der Waals surface area contributed by atoms with E-state index in [2.05, 4.69) is 31.9 Å². The predicted octanol–water partition coefficient (Wildman–Crippen LogP) is 2.67. The Labute approximate surface area is 131 Å². The van der Waals surface area contributed by atoms with Crippen LogP contribution >= 0.6 is 43.2 Å². The van der Waals surface area contributed by atoms with E-state index in [9.17, 15) is 9.59 Å². The van der Waals surface area contributed by atoms with Crippen molar-refractivity contribution < 1.29 is 19.1 Å². The number of esters is 1. The van der Waals surface area contributed by atoms with Crippen LogP contribution < -0.4 is 4.74 Å². The fourth-order valence-corrected chi connectivity index (χ4v) is 3.79. The standard InChI is InChI=1S/C11H11Br2NO4S/c1-6(15)18-8-7(12)10(13)19-9(8)11(16)14-2-4-17-5-3-14/h2-5H2,1H3. The highest BCUT2D eigenvalue weighted by Crippen LogP contribution is 2.43. The molecule has 104 valence electrons. The van der Waals surface area contributed by atoms with Gasteiger partial charge in [-0.3, -0.25) is 9.59 Å². The highest BCUT2D eigenvalue weighted by atomic mass is 79.9. The third-order valence-electron chi connectivity index (χ3n) is 2.51. The monoisotopic (exact) mass is 411 g/mol. The van der Waals surface area contributed by atoms with Gasteiger partial charge in [-0.1, -0.05) is 0 Å². The summed E-state index contributed by atoms with van der Waals surface area (Å²) in [6, 6.07) is 0. The molecule has 1 saturated heterocycles. The van der Waals surface area contributed by atoms with Crippen LogP contribution in [0, 0.1) is 0 Å². The summed E-state index contributed by atoms with van der Waals surface area (Å²) in [5, 5.41) is 0. The van der Waals surface area contributed by atoms with Gasteiger partial charge >= 0.3 is 5.97 Å². The molecule has 1 aliphatic rings. The van der Waals surface area contributed by atoms with Gasteiger partial charge in [0.05, 0.1) is 21.5 Å². The Morgan fingerprint density at radius 2 is 1.95 bits per heavy atom. The van der Waals surface area contributed by atoms with Crippen LogP contribution in [-0.2, 0) is 9.53 Å². The lowest BCUT2D eigenvalue weighted by molar-refractivity contribution is -0.131. The molecule has 0 bridgehead atoms. The number of morpholine rings is 1. The number of halogens is 2. The Kier molecular flexibility index (Phi) is 4.99. The van der Waals surface area contributed by atoms with E-state index in [4.69, 9.17) is 9.47 Å². The van der Waals surface area contributed by atoms with Crippen LogP contribution in [0.15, 0.2) is 8.26 Å². The lowest BCUT2D eigenvalue weighted by Gasteiger charge is -2.26. The minimum atomic E-state index is -0.456. The van der Waals surface area contributed by atoms with E-state index in [1.54, 1.807) is 4.90 Å². The van der Waals surface area contributed by atoms with Gasteiger partial charge in [-0.25, -0.2) is 0 Å². The van der Waals surface area contributed by atoms with E-state index in [0.717, 1.165) is 3.79 Å². The SMILES string of the molecule is CC(=O)Oc1c(C(=O)N2CCOCC2)sc(Br)c1Br. The normalized spacial score (nSPS) is 15.4. The molecule has 1 aromatic heterocycles. The van der Waals surface area contributed by atoms with Crippen LogP contribution in [0.4, 0.5) is 0 Å². The lowest BCUT2D eigenvalue weighted by atomic mass is 10.3. The third-order valence-corrected chi connectivity index (χ3v) is 5.89. The van der Waals surface area contributed by atoms with E-state index in [0.29, 0.717) is 35.7 Å². The number of rotatable bonds is 2. The summed E-state index contributed by atoms with van der Waals surface area (Å²) in [4.78, 5) is 25.7. The Morgan fingerprint density at radius 3 is 2.53 bits per heavy atom. The van der Waals surface area contributed by atoms with Crippen molar-refractivity contribution in [1.29, 1.82) is 0 Å². The summed E-state index contributed by atoms with van der Waals surface area (Å²) in [5.41, 5.74) is 0. The molecule has 19 heavy (non-hydrogen) atoms. The second kappa shape index (κ2) is 6.34. The second-order valence-corrected chi connectivity index (χ2v) is 6.98. The number of hydrogen-bond acceptors (Lipinski definition) is 5. The van der Waals surface area contributed by atoms with E-state index >= 15 is 0 Å². The zero-order valence-electron chi connectivity index (χ0n) is 10.1. The first-order valence-electron chi connectivity index (χ1n) is 5.54. The summed E-state index contributed by atoms with van der Waals surface area (Å²) in [7, 11) is 0. The summed E-state index contributed by atoms with van der Waals surface area (Å²) >= 11 is 7.89. The molecule has 2 rings (SSSR count). The number of ether oxygens (including phenoxy) is 2. The summed E-state index contributed by atoms with van der Waals surface area (Å²) in [6.07, 6.45) is 0. The molecule has 1 amide bonds. The molecule has 0 saturated carbocycles. The molecule has 0 unspecified atom stereocenters. The third kappa shape index (κ3) is 3.36. The molecule has 0 radical (unpaired) electrons. The molecular weight excluding hydrogens is 402 g/mol. The van der Waals surface area contributed by atoms with Crippen molar-refractivity contribution in [3.63, 3.8) is 0 Å². The van der Waals surface area contributed by atoms with Crippen molar-refractivity contribution in [2.24, 2.45) is 0 Å². The van der Waals surface area contributed by atoms with Gasteiger partial charge in [0.1, 0.15) is 4.88 Å². The largest absolute Gasteiger partial charge is 0.424 e. The topological polar surface area (TPSA) is 55.8 Å². The molecule has 1 aliphatic heterocycles. The average Bonchev–Trinajstić information content (AvgIpc) is 2.67. The minimum Gasteiger partial charge on any atom is -0.424 e. The molecule has 0 aliphatic carbocycles. The van der Waals surface area contributed by atoms with E-state index in [1.807, 2.05) is 0 Å². The first kappa shape index (κ1) is 15.0. The van der Waals surface area contributed by atoms with Gasteiger partial charge in [-0.05, 0) is 31.9 Å². The van der Waals surface area contributed by atoms with Crippen LogP contribution in [-0.4, -0.2) is 43.1 Å². The Morgan fingerprint density at radius 1 is 1.32 bits per heavy atom. The molecule has 0 aromatic carbocycles. The minimum absolute atomic E-state index is 0.143. The maximum Gasteiger partial charge on any atom is 0.308 e. The van der Waals surface area contributed by atoms with E-state index in [-0.39, 0.29) is 11.7 Å². The Balaban J connectivity index is 2.29. The van der Waals surface area contributed by atoms with Crippen molar-refractivity contribution >= 4 is 55.1 Å². The van der Waals surface area contributed by atoms with Gasteiger partial charge in [0.2, 0.25) is 0 Å². The summed E-state index contributed by atoms with van der Waals surface area (Å²) in [5.74, 6) is -0.321. The molecule has 1 fully saturated rings. The van der Waals surface area contributed by atoms with Gasteiger partial charge in [0.25, 0.3) is 5.91 Å². The van der Waals surface area contributed by atoms with Crippen molar-refractivity contribution in [2.45, 2.75) is 6.92 Å². The van der Waals surface area contributed by atoms with Crippen LogP contribution in [0.1, 0.15) is 16.6 Å². The Hall–Kier alpha value is -0.440. The zero-order chi connectivity index (χ0) is 14.0. The maximum absolute atomic E-state index is 12.4. The number of amides is 1. The van der Waals surface area contributed by atoms with Gasteiger partial charge in [0, 0.05) is 20.0 Å². The number of nitrogens with zero attached hydrogens (tertiary/aromatic N) is 1. The van der Waals surface area contributed by atoms with Crippen molar-refractivity contribution in [2.75, 3.05) is 26.3 Å². The van der Waals surface area contributed by atoms with Crippen molar-refractivity contribution in [3.05, 3.63) is 13.1 Å². The van der Waals surface area contributed by atoms with Gasteiger partial charge in [-0.15, -0.1) is 11.3 Å². The second-order valence-electron chi connectivity index (χ2n) is 3.85. The highest BCUT2D eigenvalue weighted by molar-refractivity contribution is 9.13. The van der Waals surface area contributed by atoms with Crippen LogP contribution in [0.3, 0.4) is 0 Å². The molecule has 1 aromatic rings. The first-order valence-corrected chi connectivity index (χ1v) is 7.94. The Bertz CT molecular complexity index is 511. The summed E-state index contributed by atoms with van der Waals surface area (Å²) < 4.78 is 11.6. The van der Waals surface area contributed by atoms with Gasteiger partial charge in [-0.2, -0.15) is 0 Å². The smallest absolute Gasteiger partial charge is 0.308 e. The number of carbonyl (C=O) groups is 2. The van der Waals surface area contributed by atoms with Gasteiger partial charge < -0.3 is 14.4 Å². The first-order chi connectivity index (χ1) is 9.00.